The van der Waals surface area contributed by atoms with E-state index in [1.54, 1.807) is 59.1 Å². The number of fused-ring (bicyclic) bond motifs is 2. The van der Waals surface area contributed by atoms with Crippen LogP contribution in [-0.2, 0) is 44.4 Å². The van der Waals surface area contributed by atoms with Gasteiger partial charge in [0.25, 0.3) is 0 Å². The summed E-state index contributed by atoms with van der Waals surface area (Å²) >= 11 is 0. The lowest BCUT2D eigenvalue weighted by molar-refractivity contribution is -0.300. The Morgan fingerprint density at radius 3 is 2.35 bits per heavy atom. The molecule has 4 rings (SSSR count). The molecule has 0 amide bonds. The fourth-order valence-electron chi connectivity index (χ4n) is 8.32. The zero-order chi connectivity index (χ0) is 38.0. The Balaban J connectivity index is 1.82. The van der Waals surface area contributed by atoms with Gasteiger partial charge in [0.1, 0.15) is 36.1 Å². The van der Waals surface area contributed by atoms with E-state index in [-0.39, 0.29) is 31.4 Å². The summed E-state index contributed by atoms with van der Waals surface area (Å²) in [6, 6.07) is 3.10. The fourth-order valence-corrected chi connectivity index (χ4v) is 8.32. The summed E-state index contributed by atoms with van der Waals surface area (Å²) < 4.78 is 36.0. The molecule has 288 valence electrons. The number of aliphatic hydroxyl groups excluding tert-OH is 1. The van der Waals surface area contributed by atoms with Gasteiger partial charge in [0.15, 0.2) is 6.29 Å². The minimum atomic E-state index is -1.83. The molecule has 0 unspecified atom stereocenters. The van der Waals surface area contributed by atoms with Crippen LogP contribution in [0.4, 0.5) is 4.79 Å². The van der Waals surface area contributed by atoms with Gasteiger partial charge < -0.3 is 48.6 Å². The zero-order valence-electron chi connectivity index (χ0n) is 31.6. The smallest absolute Gasteiger partial charge is 0.461 e. The predicted molar refractivity (Wildman–Crippen MR) is 183 cm³/mol. The third-order valence-corrected chi connectivity index (χ3v) is 11.0. The number of aromatic nitrogens is 1. The van der Waals surface area contributed by atoms with E-state index in [0.29, 0.717) is 12.0 Å². The average Bonchev–Trinajstić information content (AvgIpc) is 3.05. The Morgan fingerprint density at radius 1 is 1.06 bits per heavy atom. The third kappa shape index (κ3) is 9.20. The number of carbonyl (C=O) groups is 3. The van der Waals surface area contributed by atoms with Crippen LogP contribution < -0.4 is 0 Å². The van der Waals surface area contributed by atoms with Crippen molar-refractivity contribution in [2.45, 2.75) is 147 Å². The maximum atomic E-state index is 14.0. The molecule has 3 aliphatic rings. The van der Waals surface area contributed by atoms with Gasteiger partial charge in [-0.25, -0.2) is 4.79 Å². The number of likely N-dealkylation sites (N-methyl/N-ethyl adjacent to an activating group) is 1. The summed E-state index contributed by atoms with van der Waals surface area (Å²) in [5.41, 5.74) is -2.97. The van der Waals surface area contributed by atoms with E-state index in [9.17, 15) is 29.7 Å². The fraction of sp³-hybridized carbons (Fsp3) is 0.784. The number of aliphatic hydroxyl groups is 3. The summed E-state index contributed by atoms with van der Waals surface area (Å²) in [6.07, 6.45) is -5.35. The number of hydrogen-bond donors (Lipinski definition) is 3. The Bertz CT molecular complexity index is 1340. The van der Waals surface area contributed by atoms with Crippen LogP contribution in [0.1, 0.15) is 80.2 Å². The number of nitrogens with zero attached hydrogens (tertiary/aromatic N) is 2. The molecule has 14 heteroatoms. The van der Waals surface area contributed by atoms with Crippen molar-refractivity contribution in [3.63, 3.8) is 0 Å². The number of cyclic esters (lactones) is 1. The molecule has 0 aromatic carbocycles. The molecule has 1 aromatic rings. The second-order valence-corrected chi connectivity index (χ2v) is 15.6. The van der Waals surface area contributed by atoms with Crippen molar-refractivity contribution in [2.75, 3.05) is 14.1 Å². The largest absolute Gasteiger partial charge is 0.508 e. The molecule has 0 saturated carbocycles. The van der Waals surface area contributed by atoms with Crippen LogP contribution >= 0.6 is 0 Å². The van der Waals surface area contributed by atoms with Crippen molar-refractivity contribution in [3.05, 3.63) is 30.1 Å². The summed E-state index contributed by atoms with van der Waals surface area (Å²) in [6.45, 7) is 13.4. The lowest BCUT2D eigenvalue weighted by Gasteiger charge is -2.49. The highest BCUT2D eigenvalue weighted by Gasteiger charge is 2.56. The SMILES string of the molecule is CC[C@H]1OC(=O)[C@H](C)[C@@H](OC(=O)Cc2cccnc2)[C@H](C)[C@@H](O[C@@H]2O[C@H](C)C[C@H](N(C)C)[C@H]2O)[C@@](C)(O)C[C@@H](C)[C@@H]2OC(=O)O[C@H]([C@H]2C)[C@]1(C)O. The maximum absolute atomic E-state index is 14.0. The van der Waals surface area contributed by atoms with Gasteiger partial charge >= 0.3 is 18.1 Å². The first-order chi connectivity index (χ1) is 23.8. The Hall–Kier alpha value is -2.88. The summed E-state index contributed by atoms with van der Waals surface area (Å²) in [4.78, 5) is 46.3. The molecular formula is C37H58N2O12. The van der Waals surface area contributed by atoms with E-state index in [2.05, 4.69) is 4.98 Å². The first kappa shape index (κ1) is 40.9. The van der Waals surface area contributed by atoms with Crippen LogP contribution in [-0.4, -0.2) is 124 Å². The van der Waals surface area contributed by atoms with E-state index in [1.807, 2.05) is 32.8 Å². The van der Waals surface area contributed by atoms with E-state index < -0.39 is 95.9 Å². The van der Waals surface area contributed by atoms with Gasteiger partial charge in [-0.1, -0.05) is 33.8 Å². The quantitative estimate of drug-likeness (QED) is 0.276. The summed E-state index contributed by atoms with van der Waals surface area (Å²) in [5, 5.41) is 35.8. The minimum absolute atomic E-state index is 0.00101. The summed E-state index contributed by atoms with van der Waals surface area (Å²) in [7, 11) is 3.70. The molecule has 4 heterocycles. The van der Waals surface area contributed by atoms with Crippen LogP contribution in [0.2, 0.25) is 0 Å². The standard InChI is InChI=1S/C37H58N2O12/c1-11-26-37(8,45)32-21(4)29(49-35(43)51-32)19(2)17-36(7,44)31(50-34-28(41)25(39(9)10)15-20(3)46-34)22(5)30(23(6)33(42)47-26)48-27(40)16-24-13-12-14-38-18-24/h12-14,18-23,25-26,28-32,34,41,44-45H,11,15-17H2,1-10H3/t19-,20-,21+,22+,23-,25+,26-,28-,29+,30+,31-,32-,34+,36+,37-/m1/s1. The average molecular weight is 723 g/mol. The van der Waals surface area contributed by atoms with Gasteiger partial charge in [-0.3, -0.25) is 14.6 Å². The zero-order valence-corrected chi connectivity index (χ0v) is 31.6. The highest BCUT2D eigenvalue weighted by atomic mass is 16.7. The van der Waals surface area contributed by atoms with Crippen molar-refractivity contribution in [1.82, 2.24) is 9.88 Å². The monoisotopic (exact) mass is 722 g/mol. The second-order valence-electron chi connectivity index (χ2n) is 15.6. The molecular weight excluding hydrogens is 664 g/mol. The van der Waals surface area contributed by atoms with Crippen molar-refractivity contribution >= 4 is 18.1 Å². The van der Waals surface area contributed by atoms with Crippen LogP contribution in [0.25, 0.3) is 0 Å². The van der Waals surface area contributed by atoms with Crippen LogP contribution in [0, 0.1) is 23.7 Å². The predicted octanol–water partition coefficient (Wildman–Crippen LogP) is 3.02. The van der Waals surface area contributed by atoms with Crippen LogP contribution in [0.5, 0.6) is 0 Å². The molecule has 3 aliphatic heterocycles. The highest BCUT2D eigenvalue weighted by Crippen LogP contribution is 2.42. The Kier molecular flexibility index (Phi) is 13.2. The molecule has 2 bridgehead atoms. The van der Waals surface area contributed by atoms with E-state index in [1.165, 1.54) is 6.92 Å². The van der Waals surface area contributed by atoms with Crippen LogP contribution in [0.15, 0.2) is 24.5 Å². The van der Waals surface area contributed by atoms with Crippen LogP contribution in [0.3, 0.4) is 0 Å². The number of hydrogen-bond acceptors (Lipinski definition) is 14. The molecule has 1 aromatic heterocycles. The molecule has 3 fully saturated rings. The van der Waals surface area contributed by atoms with Gasteiger partial charge in [-0.15, -0.1) is 0 Å². The normalized spacial score (nSPS) is 42.6. The van der Waals surface area contributed by atoms with Gasteiger partial charge in [0.05, 0.1) is 30.1 Å². The Labute approximate surface area is 301 Å². The van der Waals surface area contributed by atoms with Gasteiger partial charge in [-0.2, -0.15) is 0 Å². The number of rotatable bonds is 7. The summed E-state index contributed by atoms with van der Waals surface area (Å²) in [5.74, 6) is -4.55. The van der Waals surface area contributed by atoms with Gasteiger partial charge in [0.2, 0.25) is 0 Å². The molecule has 3 N–H and O–H groups in total. The van der Waals surface area contributed by atoms with Crippen molar-refractivity contribution in [2.24, 2.45) is 23.7 Å². The second kappa shape index (κ2) is 16.4. The molecule has 3 saturated heterocycles. The molecule has 15 atom stereocenters. The van der Waals surface area contributed by atoms with Crippen molar-refractivity contribution in [1.29, 1.82) is 0 Å². The lowest BCUT2D eigenvalue weighted by atomic mass is 9.73. The molecule has 0 spiro atoms. The number of ether oxygens (including phenoxy) is 6. The van der Waals surface area contributed by atoms with Gasteiger partial charge in [-0.05, 0) is 78.6 Å². The molecule has 0 radical (unpaired) electrons. The molecule has 0 aliphatic carbocycles. The first-order valence-electron chi connectivity index (χ1n) is 18.0. The number of esters is 2. The van der Waals surface area contributed by atoms with Gasteiger partial charge in [0, 0.05) is 30.3 Å². The Morgan fingerprint density at radius 2 is 1.75 bits per heavy atom. The van der Waals surface area contributed by atoms with E-state index >= 15 is 0 Å². The molecule has 14 nitrogen and oxygen atoms in total. The first-order valence-corrected chi connectivity index (χ1v) is 18.0. The maximum Gasteiger partial charge on any atom is 0.508 e. The van der Waals surface area contributed by atoms with E-state index in [0.717, 1.165) is 0 Å². The topological polar surface area (TPSA) is 183 Å². The van der Waals surface area contributed by atoms with Crippen molar-refractivity contribution in [3.8, 4) is 0 Å². The third-order valence-electron chi connectivity index (χ3n) is 11.0. The lowest BCUT2D eigenvalue weighted by Crippen LogP contribution is -2.62. The van der Waals surface area contributed by atoms with E-state index in [4.69, 9.17) is 28.4 Å². The van der Waals surface area contributed by atoms with Crippen molar-refractivity contribution < 1.29 is 58.1 Å². The number of carbonyl (C=O) groups excluding carboxylic acids is 3. The molecule has 51 heavy (non-hydrogen) atoms. The minimum Gasteiger partial charge on any atom is -0.461 e. The number of pyridine rings is 1. The highest BCUT2D eigenvalue weighted by molar-refractivity contribution is 5.76.